The van der Waals surface area contributed by atoms with E-state index in [9.17, 15) is 9.59 Å². The lowest BCUT2D eigenvalue weighted by Crippen LogP contribution is -2.22. The van der Waals surface area contributed by atoms with Gasteiger partial charge < -0.3 is 18.8 Å². The summed E-state index contributed by atoms with van der Waals surface area (Å²) >= 11 is 1.34. The smallest absolute Gasteiger partial charge is 0.325 e. The highest BCUT2D eigenvalue weighted by atomic mass is 32.1. The quantitative estimate of drug-likeness (QED) is 0.615. The van der Waals surface area contributed by atoms with Crippen molar-refractivity contribution < 1.29 is 23.8 Å². The van der Waals surface area contributed by atoms with Crippen LogP contribution in [0.5, 0.6) is 11.5 Å². The summed E-state index contributed by atoms with van der Waals surface area (Å²) in [5.41, 5.74) is 2.16. The largest absolute Gasteiger partial charge is 0.497 e. The number of benzene rings is 2. The number of esters is 1. The molecule has 7 nitrogen and oxygen atoms in total. The van der Waals surface area contributed by atoms with Crippen LogP contribution in [-0.4, -0.2) is 37.8 Å². The number of ether oxygens (including phenoxy) is 3. The number of methoxy groups -OCH3 is 3. The standard InChI is InChI=1S/C20H20N2O5S/c1-12-6-5-7-16-18(12)22(11-17(23)27-4)20(28-16)21-19(24)13-8-14(25-2)10-15(9-13)26-3/h5-10H,11H2,1-4H3. The number of thiazole rings is 1. The molecule has 0 aliphatic rings. The Bertz CT molecular complexity index is 1090. The molecule has 0 unspecified atom stereocenters. The second kappa shape index (κ2) is 8.26. The predicted molar refractivity (Wildman–Crippen MR) is 106 cm³/mol. The third-order valence-electron chi connectivity index (χ3n) is 4.21. The van der Waals surface area contributed by atoms with E-state index in [0.29, 0.717) is 21.9 Å². The van der Waals surface area contributed by atoms with Gasteiger partial charge in [-0.1, -0.05) is 23.5 Å². The first-order chi connectivity index (χ1) is 13.5. The molecule has 0 saturated heterocycles. The molecule has 2 aromatic carbocycles. The summed E-state index contributed by atoms with van der Waals surface area (Å²) in [5, 5.41) is 0. The minimum Gasteiger partial charge on any atom is -0.497 e. The number of para-hydroxylation sites is 1. The van der Waals surface area contributed by atoms with Crippen molar-refractivity contribution in [3.05, 3.63) is 52.3 Å². The third-order valence-corrected chi connectivity index (χ3v) is 5.26. The molecule has 1 heterocycles. The molecule has 3 rings (SSSR count). The molecule has 0 N–H and O–H groups in total. The van der Waals surface area contributed by atoms with E-state index in [1.54, 1.807) is 22.8 Å². The summed E-state index contributed by atoms with van der Waals surface area (Å²) in [6, 6.07) is 10.7. The molecular weight excluding hydrogens is 380 g/mol. The van der Waals surface area contributed by atoms with Crippen molar-refractivity contribution in [3.63, 3.8) is 0 Å². The molecule has 0 bridgehead atoms. The van der Waals surface area contributed by atoms with Gasteiger partial charge in [0.25, 0.3) is 5.91 Å². The lowest BCUT2D eigenvalue weighted by atomic mass is 10.2. The molecule has 0 fully saturated rings. The topological polar surface area (TPSA) is 79.1 Å². The number of rotatable bonds is 5. The van der Waals surface area contributed by atoms with Crippen LogP contribution in [0.25, 0.3) is 10.2 Å². The highest BCUT2D eigenvalue weighted by Gasteiger charge is 2.15. The number of aromatic nitrogens is 1. The Morgan fingerprint density at radius 3 is 2.36 bits per heavy atom. The van der Waals surface area contributed by atoms with E-state index in [0.717, 1.165) is 15.8 Å². The summed E-state index contributed by atoms with van der Waals surface area (Å²) in [5.74, 6) is 0.111. The Hall–Kier alpha value is -3.13. The van der Waals surface area contributed by atoms with Gasteiger partial charge in [-0.05, 0) is 30.7 Å². The van der Waals surface area contributed by atoms with Crippen LogP contribution < -0.4 is 14.3 Å². The van der Waals surface area contributed by atoms with E-state index in [2.05, 4.69) is 4.99 Å². The zero-order valence-corrected chi connectivity index (χ0v) is 16.8. The summed E-state index contributed by atoms with van der Waals surface area (Å²) in [7, 11) is 4.35. The van der Waals surface area contributed by atoms with Crippen LogP contribution in [0, 0.1) is 6.92 Å². The molecule has 146 valence electrons. The molecule has 0 radical (unpaired) electrons. The van der Waals surface area contributed by atoms with Gasteiger partial charge in [0.1, 0.15) is 18.0 Å². The Labute approximate surface area is 165 Å². The van der Waals surface area contributed by atoms with Crippen LogP contribution in [-0.2, 0) is 16.1 Å². The first-order valence-corrected chi connectivity index (χ1v) is 9.26. The first kappa shape index (κ1) is 19.6. The van der Waals surface area contributed by atoms with E-state index in [1.807, 2.05) is 25.1 Å². The van der Waals surface area contributed by atoms with Crippen LogP contribution in [0.15, 0.2) is 41.4 Å². The van der Waals surface area contributed by atoms with Crippen LogP contribution >= 0.6 is 11.3 Å². The molecule has 28 heavy (non-hydrogen) atoms. The Morgan fingerprint density at radius 2 is 1.75 bits per heavy atom. The van der Waals surface area contributed by atoms with Gasteiger partial charge >= 0.3 is 5.97 Å². The van der Waals surface area contributed by atoms with Crippen molar-refractivity contribution in [2.75, 3.05) is 21.3 Å². The zero-order chi connectivity index (χ0) is 20.3. The zero-order valence-electron chi connectivity index (χ0n) is 16.0. The average Bonchev–Trinajstić information content (AvgIpc) is 3.05. The van der Waals surface area contributed by atoms with E-state index in [1.165, 1.54) is 32.7 Å². The van der Waals surface area contributed by atoms with E-state index < -0.39 is 11.9 Å². The van der Waals surface area contributed by atoms with Gasteiger partial charge in [0.2, 0.25) is 0 Å². The molecule has 0 saturated carbocycles. The maximum Gasteiger partial charge on any atom is 0.325 e. The maximum atomic E-state index is 12.8. The maximum absolute atomic E-state index is 12.8. The number of hydrogen-bond acceptors (Lipinski definition) is 6. The van der Waals surface area contributed by atoms with Crippen molar-refractivity contribution in [3.8, 4) is 11.5 Å². The van der Waals surface area contributed by atoms with E-state index >= 15 is 0 Å². The van der Waals surface area contributed by atoms with Gasteiger partial charge in [0, 0.05) is 11.6 Å². The van der Waals surface area contributed by atoms with Gasteiger partial charge in [-0.15, -0.1) is 0 Å². The third kappa shape index (κ3) is 3.91. The van der Waals surface area contributed by atoms with Crippen LogP contribution in [0.4, 0.5) is 0 Å². The summed E-state index contributed by atoms with van der Waals surface area (Å²) in [4.78, 5) is 29.4. The molecular formula is C20H20N2O5S. The van der Waals surface area contributed by atoms with Gasteiger partial charge in [-0.25, -0.2) is 0 Å². The van der Waals surface area contributed by atoms with Crippen molar-refractivity contribution in [2.24, 2.45) is 4.99 Å². The van der Waals surface area contributed by atoms with Crippen LogP contribution in [0.1, 0.15) is 15.9 Å². The van der Waals surface area contributed by atoms with Crippen molar-refractivity contribution >= 4 is 33.4 Å². The lowest BCUT2D eigenvalue weighted by Gasteiger charge is -2.07. The number of aryl methyl sites for hydroxylation is 1. The summed E-state index contributed by atoms with van der Waals surface area (Å²) < 4.78 is 17.9. The molecule has 1 amide bonds. The normalized spacial score (nSPS) is 11.5. The lowest BCUT2D eigenvalue weighted by molar-refractivity contribution is -0.141. The molecule has 0 aliphatic heterocycles. The molecule has 8 heteroatoms. The second-order valence-electron chi connectivity index (χ2n) is 5.99. The molecule has 0 spiro atoms. The molecule has 0 aliphatic carbocycles. The fourth-order valence-corrected chi connectivity index (χ4v) is 3.92. The number of fused-ring (bicyclic) bond motifs is 1. The van der Waals surface area contributed by atoms with Gasteiger partial charge in [0.15, 0.2) is 4.80 Å². The number of hydrogen-bond donors (Lipinski definition) is 0. The highest BCUT2D eigenvalue weighted by Crippen LogP contribution is 2.24. The van der Waals surface area contributed by atoms with E-state index in [4.69, 9.17) is 14.2 Å². The fraction of sp³-hybridized carbons (Fsp3) is 0.250. The van der Waals surface area contributed by atoms with Crippen molar-refractivity contribution in [1.29, 1.82) is 0 Å². The van der Waals surface area contributed by atoms with Crippen LogP contribution in [0.2, 0.25) is 0 Å². The monoisotopic (exact) mass is 400 g/mol. The van der Waals surface area contributed by atoms with Crippen LogP contribution in [0.3, 0.4) is 0 Å². The molecule has 1 aromatic heterocycles. The van der Waals surface area contributed by atoms with Gasteiger partial charge in [0.05, 0.1) is 31.5 Å². The van der Waals surface area contributed by atoms with Crippen molar-refractivity contribution in [1.82, 2.24) is 4.57 Å². The fourth-order valence-electron chi connectivity index (χ4n) is 2.82. The molecule has 3 aromatic rings. The van der Waals surface area contributed by atoms with Gasteiger partial charge in [-0.3, -0.25) is 9.59 Å². The van der Waals surface area contributed by atoms with Gasteiger partial charge in [-0.2, -0.15) is 4.99 Å². The van der Waals surface area contributed by atoms with E-state index in [-0.39, 0.29) is 6.54 Å². The Balaban J connectivity index is 2.16. The Kier molecular flexibility index (Phi) is 5.79. The SMILES string of the molecule is COC(=O)Cn1c(=NC(=O)c2cc(OC)cc(OC)c2)sc2cccc(C)c21. The predicted octanol–water partition coefficient (Wildman–Crippen LogP) is 2.94. The number of nitrogens with zero attached hydrogens (tertiary/aromatic N) is 2. The summed E-state index contributed by atoms with van der Waals surface area (Å²) in [6.07, 6.45) is 0. The number of carbonyl (C=O) groups is 2. The minimum absolute atomic E-state index is 0.0328. The minimum atomic E-state index is -0.458. The number of amides is 1. The summed E-state index contributed by atoms with van der Waals surface area (Å²) in [6.45, 7) is 1.91. The first-order valence-electron chi connectivity index (χ1n) is 8.44. The second-order valence-corrected chi connectivity index (χ2v) is 7.00. The highest BCUT2D eigenvalue weighted by molar-refractivity contribution is 7.16. The Morgan fingerprint density at radius 1 is 1.07 bits per heavy atom. The van der Waals surface area contributed by atoms with Crippen molar-refractivity contribution in [2.45, 2.75) is 13.5 Å². The number of carbonyl (C=O) groups excluding carboxylic acids is 2. The average molecular weight is 400 g/mol. The molecule has 0 atom stereocenters.